The second kappa shape index (κ2) is 5.33. The molecule has 1 aliphatic rings. The van der Waals surface area contributed by atoms with Crippen molar-refractivity contribution in [1.29, 1.82) is 0 Å². The number of carbonyl (C=O) groups is 1. The maximum absolute atomic E-state index is 12.9. The van der Waals surface area contributed by atoms with Crippen LogP contribution < -0.4 is 5.56 Å². The predicted molar refractivity (Wildman–Crippen MR) is 89.0 cm³/mol. The molecule has 6 nitrogen and oxygen atoms in total. The highest BCUT2D eigenvalue weighted by Gasteiger charge is 2.27. The highest BCUT2D eigenvalue weighted by molar-refractivity contribution is 5.99. The van der Waals surface area contributed by atoms with Crippen LogP contribution in [0.1, 0.15) is 32.9 Å². The molecule has 0 fully saturated rings. The van der Waals surface area contributed by atoms with E-state index in [0.717, 1.165) is 33.4 Å². The summed E-state index contributed by atoms with van der Waals surface area (Å²) in [5, 5.41) is 7.46. The van der Waals surface area contributed by atoms with Gasteiger partial charge in [0.1, 0.15) is 5.58 Å². The molecule has 0 aliphatic carbocycles. The number of nitrogens with one attached hydrogen (secondary N) is 1. The van der Waals surface area contributed by atoms with Crippen LogP contribution in [-0.4, -0.2) is 27.5 Å². The lowest BCUT2D eigenvalue weighted by molar-refractivity contribution is 0.0702. The predicted octanol–water partition coefficient (Wildman–Crippen LogP) is 2.33. The summed E-state index contributed by atoms with van der Waals surface area (Å²) in [6.45, 7) is 4.80. The van der Waals surface area contributed by atoms with Gasteiger partial charge in [0.25, 0.3) is 11.5 Å². The van der Waals surface area contributed by atoms with Crippen molar-refractivity contribution in [3.8, 4) is 0 Å². The van der Waals surface area contributed by atoms with E-state index in [1.807, 2.05) is 32.0 Å². The largest absolute Gasteiger partial charge is 0.450 e. The molecule has 1 aliphatic heterocycles. The second-order valence-corrected chi connectivity index (χ2v) is 6.19. The van der Waals surface area contributed by atoms with Crippen molar-refractivity contribution in [1.82, 2.24) is 15.1 Å². The van der Waals surface area contributed by atoms with Crippen LogP contribution in [0.15, 0.2) is 33.5 Å². The summed E-state index contributed by atoms with van der Waals surface area (Å²) < 4.78 is 5.88. The first-order valence-corrected chi connectivity index (χ1v) is 7.90. The third-order valence-corrected chi connectivity index (χ3v) is 4.60. The topological polar surface area (TPSA) is 79.2 Å². The van der Waals surface area contributed by atoms with E-state index in [9.17, 15) is 9.59 Å². The average Bonchev–Trinajstić information content (AvgIpc) is 2.92. The quantitative estimate of drug-likeness (QED) is 0.745. The summed E-state index contributed by atoms with van der Waals surface area (Å²) in [6, 6.07) is 7.41. The minimum absolute atomic E-state index is 0.144. The van der Waals surface area contributed by atoms with Gasteiger partial charge in [-0.05, 0) is 19.4 Å². The van der Waals surface area contributed by atoms with Gasteiger partial charge in [-0.2, -0.15) is 5.10 Å². The van der Waals surface area contributed by atoms with Gasteiger partial charge in [-0.15, -0.1) is 0 Å². The van der Waals surface area contributed by atoms with Gasteiger partial charge in [-0.25, -0.2) is 5.10 Å². The molecule has 1 N–H and O–H groups in total. The van der Waals surface area contributed by atoms with Crippen LogP contribution in [0.3, 0.4) is 0 Å². The molecule has 3 aromatic rings. The zero-order chi connectivity index (χ0) is 16.8. The van der Waals surface area contributed by atoms with Gasteiger partial charge in [0.15, 0.2) is 5.76 Å². The Morgan fingerprint density at radius 1 is 1.33 bits per heavy atom. The van der Waals surface area contributed by atoms with Crippen LogP contribution in [0, 0.1) is 13.8 Å². The first-order chi connectivity index (χ1) is 11.5. The van der Waals surface area contributed by atoms with Crippen molar-refractivity contribution < 1.29 is 9.21 Å². The maximum atomic E-state index is 12.9. The molecule has 24 heavy (non-hydrogen) atoms. The van der Waals surface area contributed by atoms with Gasteiger partial charge in [-0.3, -0.25) is 9.59 Å². The van der Waals surface area contributed by atoms with Gasteiger partial charge in [-0.1, -0.05) is 18.2 Å². The summed E-state index contributed by atoms with van der Waals surface area (Å²) >= 11 is 0. The Balaban J connectivity index is 1.71. The Labute approximate surface area is 138 Å². The minimum atomic E-state index is -0.251. The van der Waals surface area contributed by atoms with Crippen molar-refractivity contribution in [3.05, 3.63) is 62.8 Å². The van der Waals surface area contributed by atoms with E-state index in [4.69, 9.17) is 4.42 Å². The molecule has 0 atom stereocenters. The number of hydrogen-bond donors (Lipinski definition) is 1. The molecular formula is C18H17N3O3. The van der Waals surface area contributed by atoms with E-state index in [1.165, 1.54) is 6.07 Å². The fraction of sp³-hybridized carbons (Fsp3) is 0.278. The summed E-state index contributed by atoms with van der Waals surface area (Å²) in [6.07, 6.45) is 0.621. The van der Waals surface area contributed by atoms with Crippen LogP contribution >= 0.6 is 0 Å². The van der Waals surface area contributed by atoms with E-state index in [-0.39, 0.29) is 11.5 Å². The molecule has 2 aromatic heterocycles. The monoisotopic (exact) mass is 323 g/mol. The first-order valence-electron chi connectivity index (χ1n) is 7.90. The number of rotatable bonds is 1. The number of para-hydroxylation sites is 1. The molecule has 3 heterocycles. The number of hydrogen-bond acceptors (Lipinski definition) is 4. The van der Waals surface area contributed by atoms with Gasteiger partial charge in [0.05, 0.1) is 5.69 Å². The number of amides is 1. The Morgan fingerprint density at radius 2 is 2.17 bits per heavy atom. The number of fused-ring (bicyclic) bond motifs is 2. The van der Waals surface area contributed by atoms with Crippen molar-refractivity contribution >= 4 is 16.9 Å². The highest BCUT2D eigenvalue weighted by atomic mass is 16.3. The zero-order valence-corrected chi connectivity index (χ0v) is 13.5. The van der Waals surface area contributed by atoms with Crippen molar-refractivity contribution in [2.45, 2.75) is 26.8 Å². The molecule has 0 spiro atoms. The molecular weight excluding hydrogens is 306 g/mol. The van der Waals surface area contributed by atoms with Crippen LogP contribution in [0.4, 0.5) is 0 Å². The maximum Gasteiger partial charge on any atom is 0.290 e. The normalized spacial score (nSPS) is 14.0. The fourth-order valence-corrected chi connectivity index (χ4v) is 3.25. The first kappa shape index (κ1) is 14.7. The minimum Gasteiger partial charge on any atom is -0.450 e. The lowest BCUT2D eigenvalue weighted by Crippen LogP contribution is -2.37. The van der Waals surface area contributed by atoms with Crippen LogP contribution in [0.2, 0.25) is 0 Å². The Morgan fingerprint density at radius 3 is 2.96 bits per heavy atom. The molecule has 0 bridgehead atoms. The fourth-order valence-electron chi connectivity index (χ4n) is 3.25. The van der Waals surface area contributed by atoms with E-state index in [2.05, 4.69) is 10.2 Å². The average molecular weight is 323 g/mol. The van der Waals surface area contributed by atoms with E-state index in [1.54, 1.807) is 4.90 Å². The van der Waals surface area contributed by atoms with Crippen molar-refractivity contribution in [2.75, 3.05) is 6.54 Å². The van der Waals surface area contributed by atoms with Gasteiger partial charge >= 0.3 is 0 Å². The Bertz CT molecular complexity index is 1020. The lowest BCUT2D eigenvalue weighted by Gasteiger charge is -2.27. The van der Waals surface area contributed by atoms with Gasteiger partial charge in [0.2, 0.25) is 0 Å². The number of aromatic nitrogens is 2. The molecule has 0 saturated heterocycles. The third kappa shape index (κ3) is 2.22. The molecule has 1 aromatic carbocycles. The van der Waals surface area contributed by atoms with Gasteiger partial charge < -0.3 is 9.32 Å². The van der Waals surface area contributed by atoms with Crippen LogP contribution in [-0.2, 0) is 13.0 Å². The smallest absolute Gasteiger partial charge is 0.290 e. The second-order valence-electron chi connectivity index (χ2n) is 6.19. The zero-order valence-electron chi connectivity index (χ0n) is 13.5. The SMILES string of the molecule is Cc1c(C(=O)N2CCc3n[nH]c(=O)cc3C2)oc2c(C)cccc12. The van der Waals surface area contributed by atoms with E-state index < -0.39 is 0 Å². The van der Waals surface area contributed by atoms with Crippen molar-refractivity contribution in [2.24, 2.45) is 0 Å². The third-order valence-electron chi connectivity index (χ3n) is 4.60. The number of furan rings is 1. The van der Waals surface area contributed by atoms with Crippen LogP contribution in [0.25, 0.3) is 11.0 Å². The number of carbonyl (C=O) groups excluding carboxylic acids is 1. The molecule has 122 valence electrons. The molecule has 0 radical (unpaired) electrons. The summed E-state index contributed by atoms with van der Waals surface area (Å²) in [5.41, 5.74) is 4.01. The molecule has 6 heteroatoms. The highest BCUT2D eigenvalue weighted by Crippen LogP contribution is 2.29. The number of aromatic amines is 1. The Kier molecular flexibility index (Phi) is 3.26. The number of H-pyrrole nitrogens is 1. The summed E-state index contributed by atoms with van der Waals surface area (Å²) in [5.74, 6) is 0.231. The lowest BCUT2D eigenvalue weighted by atomic mass is 10.1. The van der Waals surface area contributed by atoms with Crippen molar-refractivity contribution in [3.63, 3.8) is 0 Å². The van der Waals surface area contributed by atoms with Gasteiger partial charge in [0, 0.05) is 42.1 Å². The number of nitrogens with zero attached hydrogens (tertiary/aromatic N) is 2. The summed E-state index contributed by atoms with van der Waals surface area (Å²) in [7, 11) is 0. The van der Waals surface area contributed by atoms with E-state index in [0.29, 0.717) is 25.3 Å². The van der Waals surface area contributed by atoms with E-state index >= 15 is 0 Å². The standard InChI is InChI=1S/C18H17N3O3/c1-10-4-3-5-13-11(2)17(24-16(10)13)18(23)21-7-6-14-12(9-21)8-15(22)20-19-14/h3-5,8H,6-7,9H2,1-2H3,(H,20,22). The molecule has 0 unspecified atom stereocenters. The Hall–Kier alpha value is -2.89. The molecule has 0 saturated carbocycles. The number of benzene rings is 1. The summed E-state index contributed by atoms with van der Waals surface area (Å²) in [4.78, 5) is 26.1. The number of aryl methyl sites for hydroxylation is 2. The molecule has 1 amide bonds. The molecule has 4 rings (SSSR count). The van der Waals surface area contributed by atoms with Crippen LogP contribution in [0.5, 0.6) is 0 Å².